The molecule has 1 heterocycles. The highest BCUT2D eigenvalue weighted by Crippen LogP contribution is 2.47. The van der Waals surface area contributed by atoms with Crippen LogP contribution in [0.5, 0.6) is 0 Å². The van der Waals surface area contributed by atoms with Gasteiger partial charge in [0, 0.05) is 23.4 Å². The Balaban J connectivity index is 1.81. The van der Waals surface area contributed by atoms with Gasteiger partial charge in [-0.15, -0.1) is 0 Å². The minimum atomic E-state index is -0.671. The van der Waals surface area contributed by atoms with Crippen LogP contribution in [0.25, 0.3) is 0 Å². The lowest BCUT2D eigenvalue weighted by molar-refractivity contribution is -0.139. The van der Waals surface area contributed by atoms with Gasteiger partial charge in [0.25, 0.3) is 0 Å². The van der Waals surface area contributed by atoms with E-state index in [0.717, 1.165) is 5.56 Å². The summed E-state index contributed by atoms with van der Waals surface area (Å²) in [6.07, 6.45) is 0.859. The zero-order valence-electron chi connectivity index (χ0n) is 16.6. The van der Waals surface area contributed by atoms with Gasteiger partial charge in [-0.2, -0.15) is 0 Å². The number of ketones is 1. The number of benzene rings is 2. The van der Waals surface area contributed by atoms with Crippen LogP contribution in [0.4, 0.5) is 0 Å². The molecule has 2 N–H and O–H groups in total. The number of carbonyl (C=O) groups is 2. The Bertz CT molecular complexity index is 1060. The molecule has 2 unspecified atom stereocenters. The van der Waals surface area contributed by atoms with Crippen molar-refractivity contribution in [3.8, 4) is 0 Å². The summed E-state index contributed by atoms with van der Waals surface area (Å²) >= 11 is 6.21. The Kier molecular flexibility index (Phi) is 5.64. The van der Waals surface area contributed by atoms with Crippen LogP contribution in [0.3, 0.4) is 0 Å². The number of carbonyl (C=O) groups excluding carboxylic acids is 2. The van der Waals surface area contributed by atoms with Crippen LogP contribution in [0.2, 0.25) is 5.02 Å². The molecule has 5 nitrogen and oxygen atoms in total. The first-order valence-electron chi connectivity index (χ1n) is 9.90. The Morgan fingerprint density at radius 2 is 1.87 bits per heavy atom. The van der Waals surface area contributed by atoms with Crippen molar-refractivity contribution in [1.29, 1.82) is 0 Å². The van der Waals surface area contributed by atoms with E-state index >= 15 is 0 Å². The van der Waals surface area contributed by atoms with Crippen molar-refractivity contribution < 1.29 is 19.1 Å². The van der Waals surface area contributed by atoms with E-state index < -0.39 is 11.9 Å². The molecule has 0 radical (unpaired) electrons. The van der Waals surface area contributed by atoms with Crippen molar-refractivity contribution in [3.63, 3.8) is 0 Å². The highest BCUT2D eigenvalue weighted by Gasteiger charge is 2.43. The average Bonchev–Trinajstić information content (AvgIpc) is 2.73. The highest BCUT2D eigenvalue weighted by molar-refractivity contribution is 6.30. The van der Waals surface area contributed by atoms with Gasteiger partial charge in [0.2, 0.25) is 5.88 Å². The van der Waals surface area contributed by atoms with Gasteiger partial charge in [-0.1, -0.05) is 54.1 Å². The summed E-state index contributed by atoms with van der Waals surface area (Å²) in [7, 11) is 0. The van der Waals surface area contributed by atoms with Crippen molar-refractivity contribution in [2.24, 2.45) is 5.73 Å². The molecule has 0 amide bonds. The molecule has 154 valence electrons. The molecule has 0 aromatic heterocycles. The molecule has 0 bridgehead atoms. The van der Waals surface area contributed by atoms with Crippen molar-refractivity contribution in [2.75, 3.05) is 6.61 Å². The molecule has 4 rings (SSSR count). The topological polar surface area (TPSA) is 78.6 Å². The lowest BCUT2D eigenvalue weighted by Crippen LogP contribution is -2.33. The second-order valence-corrected chi connectivity index (χ2v) is 7.80. The zero-order valence-corrected chi connectivity index (χ0v) is 17.3. The number of nitrogens with two attached hydrogens (primary N) is 1. The normalized spacial score (nSPS) is 21.2. The van der Waals surface area contributed by atoms with E-state index in [4.69, 9.17) is 26.8 Å². The molecule has 1 aliphatic carbocycles. The maximum atomic E-state index is 13.3. The predicted molar refractivity (Wildman–Crippen MR) is 114 cm³/mol. The highest BCUT2D eigenvalue weighted by atomic mass is 35.5. The summed E-state index contributed by atoms with van der Waals surface area (Å²) < 4.78 is 11.1. The van der Waals surface area contributed by atoms with E-state index in [0.29, 0.717) is 34.8 Å². The van der Waals surface area contributed by atoms with Gasteiger partial charge in [0.1, 0.15) is 11.3 Å². The second kappa shape index (κ2) is 8.36. The molecule has 0 saturated carbocycles. The number of allylic oxidation sites excluding steroid dienone is 2. The maximum Gasteiger partial charge on any atom is 0.340 e. The summed E-state index contributed by atoms with van der Waals surface area (Å²) in [5.74, 6) is -0.853. The first kappa shape index (κ1) is 20.2. The van der Waals surface area contributed by atoms with Gasteiger partial charge in [0.05, 0.1) is 12.5 Å². The van der Waals surface area contributed by atoms with Crippen LogP contribution in [-0.2, 0) is 19.1 Å². The van der Waals surface area contributed by atoms with Crippen LogP contribution < -0.4 is 5.73 Å². The Labute approximate surface area is 180 Å². The van der Waals surface area contributed by atoms with Gasteiger partial charge < -0.3 is 15.2 Å². The fourth-order valence-electron chi connectivity index (χ4n) is 4.20. The third kappa shape index (κ3) is 3.73. The monoisotopic (exact) mass is 423 g/mol. The summed E-state index contributed by atoms with van der Waals surface area (Å²) in [4.78, 5) is 26.1. The fraction of sp³-hybridized carbons (Fsp3) is 0.250. The SMILES string of the molecule is CCOC(=O)C1=C(N)OC2=C(C(=O)CC(c3ccccc3)C2)C1c1cccc(Cl)c1. The zero-order chi connectivity index (χ0) is 21.3. The fourth-order valence-corrected chi connectivity index (χ4v) is 4.39. The number of halogens is 1. The van der Waals surface area contributed by atoms with E-state index in [1.54, 1.807) is 25.1 Å². The Morgan fingerprint density at radius 3 is 2.57 bits per heavy atom. The molecular formula is C24H22ClNO4. The number of Topliss-reactive ketones (excluding diaryl/α,β-unsaturated/α-hetero) is 1. The van der Waals surface area contributed by atoms with E-state index in [1.807, 2.05) is 36.4 Å². The second-order valence-electron chi connectivity index (χ2n) is 7.36. The van der Waals surface area contributed by atoms with Crippen LogP contribution in [0.15, 0.2) is 77.4 Å². The van der Waals surface area contributed by atoms with E-state index in [9.17, 15) is 9.59 Å². The van der Waals surface area contributed by atoms with Crippen molar-refractivity contribution in [2.45, 2.75) is 31.6 Å². The first-order valence-corrected chi connectivity index (χ1v) is 10.3. The maximum absolute atomic E-state index is 13.3. The molecule has 2 atom stereocenters. The quantitative estimate of drug-likeness (QED) is 0.728. The van der Waals surface area contributed by atoms with Gasteiger partial charge in [-0.25, -0.2) is 4.79 Å². The van der Waals surface area contributed by atoms with Crippen molar-refractivity contribution in [1.82, 2.24) is 0 Å². The number of rotatable bonds is 4. The number of esters is 1. The summed E-state index contributed by atoms with van der Waals surface area (Å²) in [6, 6.07) is 16.9. The third-order valence-corrected chi connectivity index (χ3v) is 5.72. The van der Waals surface area contributed by atoms with E-state index in [-0.39, 0.29) is 29.8 Å². The minimum absolute atomic E-state index is 0.00518. The van der Waals surface area contributed by atoms with Crippen LogP contribution in [0.1, 0.15) is 42.7 Å². The smallest absolute Gasteiger partial charge is 0.340 e. The molecule has 0 spiro atoms. The first-order chi connectivity index (χ1) is 14.5. The third-order valence-electron chi connectivity index (χ3n) is 5.49. The lowest BCUT2D eigenvalue weighted by atomic mass is 9.73. The summed E-state index contributed by atoms with van der Waals surface area (Å²) in [5, 5.41) is 0.508. The van der Waals surface area contributed by atoms with Gasteiger partial charge in [-0.3, -0.25) is 4.79 Å². The van der Waals surface area contributed by atoms with Crippen molar-refractivity contribution >= 4 is 23.4 Å². The number of ether oxygens (including phenoxy) is 2. The molecule has 2 aromatic rings. The standard InChI is InChI=1S/C24H22ClNO4/c1-2-29-24(28)22-20(15-9-6-10-17(25)11-15)21-18(27)12-16(13-19(21)30-23(22)26)14-7-4-3-5-8-14/h3-11,16,20H,2,12-13,26H2,1H3. The molecule has 0 saturated heterocycles. The van der Waals surface area contributed by atoms with E-state index in [1.165, 1.54) is 0 Å². The number of hydrogen-bond acceptors (Lipinski definition) is 5. The molecular weight excluding hydrogens is 402 g/mol. The van der Waals surface area contributed by atoms with Gasteiger partial charge >= 0.3 is 5.97 Å². The molecule has 2 aliphatic rings. The largest absolute Gasteiger partial charge is 0.462 e. The van der Waals surface area contributed by atoms with E-state index in [2.05, 4.69) is 0 Å². The van der Waals surface area contributed by atoms with Gasteiger partial charge in [-0.05, 0) is 36.1 Å². The van der Waals surface area contributed by atoms with Crippen LogP contribution >= 0.6 is 11.6 Å². The lowest BCUT2D eigenvalue weighted by Gasteiger charge is -2.35. The van der Waals surface area contributed by atoms with Crippen molar-refractivity contribution in [3.05, 3.63) is 93.5 Å². The minimum Gasteiger partial charge on any atom is -0.462 e. The molecule has 1 aliphatic heterocycles. The van der Waals surface area contributed by atoms with Crippen LogP contribution in [0, 0.1) is 0 Å². The number of hydrogen-bond donors (Lipinski definition) is 1. The molecule has 2 aromatic carbocycles. The summed E-state index contributed by atoms with van der Waals surface area (Å²) in [5.41, 5.74) is 8.57. The van der Waals surface area contributed by atoms with Crippen LogP contribution in [-0.4, -0.2) is 18.4 Å². The average molecular weight is 424 g/mol. The summed E-state index contributed by atoms with van der Waals surface area (Å²) in [6.45, 7) is 1.90. The Hall–Kier alpha value is -3.05. The Morgan fingerprint density at radius 1 is 1.13 bits per heavy atom. The molecule has 0 fully saturated rings. The molecule has 6 heteroatoms. The molecule has 30 heavy (non-hydrogen) atoms. The predicted octanol–water partition coefficient (Wildman–Crippen LogP) is 4.59. The van der Waals surface area contributed by atoms with Gasteiger partial charge in [0.15, 0.2) is 5.78 Å².